The molecule has 1 aromatic carbocycles. The third kappa shape index (κ3) is 2.60. The monoisotopic (exact) mass is 277 g/mol. The highest BCUT2D eigenvalue weighted by Gasteiger charge is 2.11. The average Bonchev–Trinajstić information content (AvgIpc) is 2.91. The summed E-state index contributed by atoms with van der Waals surface area (Å²) >= 11 is 0. The number of pyridine rings is 1. The zero-order valence-electron chi connectivity index (χ0n) is 11.9. The Kier molecular flexibility index (Phi) is 3.36. The molecule has 0 saturated heterocycles. The van der Waals surface area contributed by atoms with E-state index in [2.05, 4.69) is 16.1 Å². The fourth-order valence-electron chi connectivity index (χ4n) is 2.42. The normalized spacial score (nSPS) is 10.6. The minimum absolute atomic E-state index is 0.570. The predicted molar refractivity (Wildman–Crippen MR) is 81.7 cm³/mol. The van der Waals surface area contributed by atoms with Crippen molar-refractivity contribution in [1.29, 1.82) is 0 Å². The second kappa shape index (κ2) is 5.32. The van der Waals surface area contributed by atoms with Crippen molar-refractivity contribution in [2.24, 2.45) is 0 Å². The van der Waals surface area contributed by atoms with Crippen molar-refractivity contribution in [1.82, 2.24) is 14.8 Å². The number of benzene rings is 1. The van der Waals surface area contributed by atoms with Gasteiger partial charge in [-0.25, -0.2) is 4.68 Å². The summed E-state index contributed by atoms with van der Waals surface area (Å²) in [6, 6.07) is 9.90. The van der Waals surface area contributed by atoms with Gasteiger partial charge >= 0.3 is 0 Å². The maximum atomic E-state index is 11.3. The number of carbonyl (C=O) groups is 1. The molecule has 4 heteroatoms. The van der Waals surface area contributed by atoms with E-state index < -0.39 is 0 Å². The van der Waals surface area contributed by atoms with Gasteiger partial charge in [-0.3, -0.25) is 9.78 Å². The van der Waals surface area contributed by atoms with Crippen LogP contribution in [0.15, 0.2) is 48.9 Å². The van der Waals surface area contributed by atoms with Crippen LogP contribution in [0.3, 0.4) is 0 Å². The number of aromatic nitrogens is 3. The molecule has 2 aromatic heterocycles. The molecule has 3 rings (SSSR count). The van der Waals surface area contributed by atoms with Crippen LogP contribution in [0.5, 0.6) is 0 Å². The average molecular weight is 277 g/mol. The number of carbonyl (C=O) groups excluding carboxylic acids is 1. The molecule has 0 unspecified atom stereocenters. The summed E-state index contributed by atoms with van der Waals surface area (Å²) in [6.45, 7) is 4.09. The molecule has 0 saturated carbocycles. The van der Waals surface area contributed by atoms with Gasteiger partial charge < -0.3 is 0 Å². The molecule has 3 aromatic rings. The van der Waals surface area contributed by atoms with Gasteiger partial charge in [0.05, 0.1) is 11.3 Å². The Morgan fingerprint density at radius 2 is 1.71 bits per heavy atom. The van der Waals surface area contributed by atoms with Crippen LogP contribution in [0.1, 0.15) is 21.5 Å². The van der Waals surface area contributed by atoms with E-state index in [9.17, 15) is 4.79 Å². The Morgan fingerprint density at radius 3 is 2.33 bits per heavy atom. The van der Waals surface area contributed by atoms with E-state index in [1.54, 1.807) is 23.3 Å². The van der Waals surface area contributed by atoms with E-state index in [0.29, 0.717) is 11.3 Å². The quantitative estimate of drug-likeness (QED) is 0.690. The van der Waals surface area contributed by atoms with E-state index in [1.807, 2.05) is 38.1 Å². The van der Waals surface area contributed by atoms with Gasteiger partial charge in [0.25, 0.3) is 0 Å². The van der Waals surface area contributed by atoms with Gasteiger partial charge in [0, 0.05) is 24.2 Å². The smallest absolute Gasteiger partial charge is 0.153 e. The van der Waals surface area contributed by atoms with E-state index in [-0.39, 0.29) is 0 Å². The molecule has 0 radical (unpaired) electrons. The van der Waals surface area contributed by atoms with Crippen molar-refractivity contribution < 1.29 is 4.79 Å². The first-order chi connectivity index (χ1) is 10.2. The molecular weight excluding hydrogens is 262 g/mol. The zero-order chi connectivity index (χ0) is 14.8. The molecule has 0 amide bonds. The summed E-state index contributed by atoms with van der Waals surface area (Å²) in [7, 11) is 0. The van der Waals surface area contributed by atoms with Crippen LogP contribution in [0, 0.1) is 13.8 Å². The highest BCUT2D eigenvalue weighted by Crippen LogP contribution is 2.22. The van der Waals surface area contributed by atoms with Crippen LogP contribution in [0.25, 0.3) is 16.9 Å². The maximum absolute atomic E-state index is 11.3. The lowest BCUT2D eigenvalue weighted by atomic mass is 10.1. The lowest BCUT2D eigenvalue weighted by Crippen LogP contribution is -1.96. The highest BCUT2D eigenvalue weighted by molar-refractivity contribution is 5.85. The molecular formula is C17H15N3O. The molecule has 0 aliphatic carbocycles. The third-order valence-corrected chi connectivity index (χ3v) is 3.29. The second-order valence-corrected chi connectivity index (χ2v) is 5.08. The van der Waals surface area contributed by atoms with Crippen molar-refractivity contribution in [2.45, 2.75) is 13.8 Å². The van der Waals surface area contributed by atoms with Gasteiger partial charge in [-0.05, 0) is 49.2 Å². The number of hydrogen-bond acceptors (Lipinski definition) is 3. The number of aldehydes is 1. The Labute approximate surface area is 123 Å². The molecule has 0 atom stereocenters. The van der Waals surface area contributed by atoms with Crippen LogP contribution in [-0.2, 0) is 0 Å². The first kappa shape index (κ1) is 13.2. The topological polar surface area (TPSA) is 47.8 Å². The van der Waals surface area contributed by atoms with Crippen LogP contribution in [-0.4, -0.2) is 21.1 Å². The first-order valence-corrected chi connectivity index (χ1v) is 6.71. The Bertz CT molecular complexity index is 771. The predicted octanol–water partition coefficient (Wildman–Crippen LogP) is 3.36. The molecule has 2 heterocycles. The van der Waals surface area contributed by atoms with Gasteiger partial charge in [0.1, 0.15) is 5.69 Å². The van der Waals surface area contributed by atoms with Crippen LogP contribution < -0.4 is 0 Å². The summed E-state index contributed by atoms with van der Waals surface area (Å²) in [5, 5.41) is 4.56. The van der Waals surface area contributed by atoms with E-state index in [4.69, 9.17) is 0 Å². The zero-order valence-corrected chi connectivity index (χ0v) is 11.9. The number of nitrogens with zero attached hydrogens (tertiary/aromatic N) is 3. The molecule has 0 aliphatic heterocycles. The molecule has 4 nitrogen and oxygen atoms in total. The largest absolute Gasteiger partial charge is 0.298 e. The van der Waals surface area contributed by atoms with Crippen LogP contribution in [0.4, 0.5) is 0 Å². The molecule has 0 N–H and O–H groups in total. The summed E-state index contributed by atoms with van der Waals surface area (Å²) in [6.07, 6.45) is 5.98. The molecule has 0 aliphatic rings. The standard InChI is InChI=1S/C17H15N3O/c1-12-7-13(2)9-16(8-12)20-10-15(11-21)17(19-20)14-3-5-18-6-4-14/h3-11H,1-2H3. The van der Waals surface area contributed by atoms with Crippen molar-refractivity contribution in [2.75, 3.05) is 0 Å². The van der Waals surface area contributed by atoms with Gasteiger partial charge in [0.15, 0.2) is 6.29 Å². The number of aryl methyl sites for hydroxylation is 2. The maximum Gasteiger partial charge on any atom is 0.153 e. The SMILES string of the molecule is Cc1cc(C)cc(-n2cc(C=O)c(-c3ccncc3)n2)c1. The lowest BCUT2D eigenvalue weighted by Gasteiger charge is -2.04. The summed E-state index contributed by atoms with van der Waals surface area (Å²) in [4.78, 5) is 15.3. The van der Waals surface area contributed by atoms with Crippen LogP contribution in [0.2, 0.25) is 0 Å². The number of hydrogen-bond donors (Lipinski definition) is 0. The first-order valence-electron chi connectivity index (χ1n) is 6.71. The van der Waals surface area contributed by atoms with Gasteiger partial charge in [-0.1, -0.05) is 6.07 Å². The van der Waals surface area contributed by atoms with Gasteiger partial charge in [-0.15, -0.1) is 0 Å². The third-order valence-electron chi connectivity index (χ3n) is 3.29. The minimum atomic E-state index is 0.570. The Morgan fingerprint density at radius 1 is 1.05 bits per heavy atom. The van der Waals surface area contributed by atoms with Crippen molar-refractivity contribution in [3.8, 4) is 16.9 Å². The Balaban J connectivity index is 2.13. The van der Waals surface area contributed by atoms with E-state index in [1.165, 1.54) is 11.1 Å². The molecule has 21 heavy (non-hydrogen) atoms. The molecule has 0 fully saturated rings. The minimum Gasteiger partial charge on any atom is -0.298 e. The fraction of sp³-hybridized carbons (Fsp3) is 0.118. The molecule has 104 valence electrons. The van der Waals surface area contributed by atoms with Gasteiger partial charge in [-0.2, -0.15) is 5.10 Å². The second-order valence-electron chi connectivity index (χ2n) is 5.08. The van der Waals surface area contributed by atoms with E-state index in [0.717, 1.165) is 17.5 Å². The van der Waals surface area contributed by atoms with Crippen LogP contribution >= 0.6 is 0 Å². The summed E-state index contributed by atoms with van der Waals surface area (Å²) < 4.78 is 1.75. The lowest BCUT2D eigenvalue weighted by molar-refractivity contribution is 0.112. The summed E-state index contributed by atoms with van der Waals surface area (Å²) in [5.41, 5.74) is 5.41. The van der Waals surface area contributed by atoms with Crippen molar-refractivity contribution in [3.63, 3.8) is 0 Å². The highest BCUT2D eigenvalue weighted by atomic mass is 16.1. The van der Waals surface area contributed by atoms with Crippen molar-refractivity contribution >= 4 is 6.29 Å². The Hall–Kier alpha value is -2.75. The fourth-order valence-corrected chi connectivity index (χ4v) is 2.42. The van der Waals surface area contributed by atoms with Crippen molar-refractivity contribution in [3.05, 3.63) is 65.6 Å². The summed E-state index contributed by atoms with van der Waals surface area (Å²) in [5.74, 6) is 0. The van der Waals surface area contributed by atoms with E-state index >= 15 is 0 Å². The molecule has 0 spiro atoms. The van der Waals surface area contributed by atoms with Gasteiger partial charge in [0.2, 0.25) is 0 Å². The number of rotatable bonds is 3. The molecule has 0 bridgehead atoms.